The molecule has 1 saturated heterocycles. The second-order valence-electron chi connectivity index (χ2n) is 11.9. The average Bonchev–Trinajstić information content (AvgIpc) is 3.48. The molecule has 49 heavy (non-hydrogen) atoms. The molecule has 1 N–H and O–H groups in total. The van der Waals surface area contributed by atoms with Gasteiger partial charge in [-0.25, -0.2) is 18.6 Å². The van der Waals surface area contributed by atoms with Gasteiger partial charge in [0.2, 0.25) is 5.91 Å². The van der Waals surface area contributed by atoms with Gasteiger partial charge in [-0.3, -0.25) is 19.4 Å². The van der Waals surface area contributed by atoms with E-state index in [2.05, 4.69) is 16.9 Å². The standard InChI is InChI=1S/C18H22ClNO3.C18H18F2N2O4/c1-3-4-5-7-13(2)23-17(21)12-22-16-10-9-15(19)14-8-6-11-20-18(14)16;19-18(20)11-7-6-10(12(21-11)9-22-8-2-5-15(22)25)17(26)16-13(23)3-1-4-14(16)24/h6,8-11,13H,3-5,7,12H2,1-2H3;6-7,18,26H,1-5,8-9H2. The molecule has 0 radical (unpaired) electrons. The maximum atomic E-state index is 13.0. The number of amides is 1. The summed E-state index contributed by atoms with van der Waals surface area (Å²) in [6.07, 6.45) is 4.76. The summed E-state index contributed by atoms with van der Waals surface area (Å²) in [5.41, 5.74) is -0.0722. The Morgan fingerprint density at radius 1 is 1.04 bits per heavy atom. The van der Waals surface area contributed by atoms with Crippen LogP contribution in [-0.2, 0) is 30.5 Å². The number of nitrogens with zero attached hydrogens (tertiary/aromatic N) is 3. The topological polar surface area (TPSA) is 136 Å². The Balaban J connectivity index is 0.000000223. The van der Waals surface area contributed by atoms with Crippen molar-refractivity contribution in [2.24, 2.45) is 0 Å². The first kappa shape index (κ1) is 37.4. The Labute approximate surface area is 288 Å². The van der Waals surface area contributed by atoms with Crippen molar-refractivity contribution in [3.63, 3.8) is 0 Å². The summed E-state index contributed by atoms with van der Waals surface area (Å²) in [7, 11) is 0. The van der Waals surface area contributed by atoms with E-state index in [-0.39, 0.29) is 60.8 Å². The number of fused-ring (bicyclic) bond motifs is 1. The smallest absolute Gasteiger partial charge is 0.344 e. The van der Waals surface area contributed by atoms with Gasteiger partial charge in [0.1, 0.15) is 28.3 Å². The van der Waals surface area contributed by atoms with Crippen molar-refractivity contribution in [1.82, 2.24) is 14.9 Å². The summed E-state index contributed by atoms with van der Waals surface area (Å²) >= 11 is 6.13. The van der Waals surface area contributed by atoms with E-state index in [1.807, 2.05) is 19.1 Å². The van der Waals surface area contributed by atoms with E-state index in [0.29, 0.717) is 42.1 Å². The number of hydrogen-bond donors (Lipinski definition) is 1. The number of ketones is 2. The van der Waals surface area contributed by atoms with Crippen molar-refractivity contribution >= 4 is 51.7 Å². The number of unbranched alkanes of at least 4 members (excludes halogenated alkanes) is 2. The Bertz CT molecular complexity index is 1700. The summed E-state index contributed by atoms with van der Waals surface area (Å²) in [5.74, 6) is -1.46. The minimum absolute atomic E-state index is 0.0349. The number of Topliss-reactive ketones (excluding diaryl/α,β-unsaturated/α-hetero) is 2. The minimum atomic E-state index is -2.81. The lowest BCUT2D eigenvalue weighted by Crippen LogP contribution is -2.26. The highest BCUT2D eigenvalue weighted by molar-refractivity contribution is 6.35. The van der Waals surface area contributed by atoms with Crippen LogP contribution in [0.4, 0.5) is 8.78 Å². The Morgan fingerprint density at radius 2 is 1.80 bits per heavy atom. The number of carbonyl (C=O) groups excluding carboxylic acids is 4. The molecule has 0 spiro atoms. The molecule has 1 unspecified atom stereocenters. The monoisotopic (exact) mass is 699 g/mol. The van der Waals surface area contributed by atoms with Gasteiger partial charge in [0, 0.05) is 43.0 Å². The molecule has 2 aromatic heterocycles. The molecule has 1 aliphatic heterocycles. The number of aliphatic hydroxyl groups is 1. The number of halogens is 3. The van der Waals surface area contributed by atoms with Crippen LogP contribution in [0.3, 0.4) is 0 Å². The molecule has 10 nitrogen and oxygen atoms in total. The molecule has 1 amide bonds. The van der Waals surface area contributed by atoms with E-state index < -0.39 is 29.4 Å². The van der Waals surface area contributed by atoms with Crippen LogP contribution in [0.25, 0.3) is 16.7 Å². The number of esters is 1. The van der Waals surface area contributed by atoms with E-state index >= 15 is 0 Å². The third-order valence-electron chi connectivity index (χ3n) is 8.16. The fourth-order valence-corrected chi connectivity index (χ4v) is 5.82. The van der Waals surface area contributed by atoms with E-state index in [0.717, 1.165) is 37.1 Å². The number of alkyl halides is 2. The number of pyridine rings is 2. The van der Waals surface area contributed by atoms with Crippen molar-refractivity contribution in [2.75, 3.05) is 13.2 Å². The van der Waals surface area contributed by atoms with E-state index in [1.54, 1.807) is 18.3 Å². The highest BCUT2D eigenvalue weighted by Crippen LogP contribution is 2.31. The summed E-state index contributed by atoms with van der Waals surface area (Å²) in [4.78, 5) is 57.4. The van der Waals surface area contributed by atoms with E-state index in [9.17, 15) is 33.1 Å². The zero-order chi connectivity index (χ0) is 35.5. The van der Waals surface area contributed by atoms with Gasteiger partial charge in [0.25, 0.3) is 6.43 Å². The van der Waals surface area contributed by atoms with Crippen LogP contribution in [0.2, 0.25) is 5.02 Å². The number of carbonyl (C=O) groups is 4. The molecule has 3 heterocycles. The van der Waals surface area contributed by atoms with Gasteiger partial charge in [-0.1, -0.05) is 31.4 Å². The molecule has 5 rings (SSSR count). The molecule has 1 aromatic carbocycles. The maximum absolute atomic E-state index is 13.0. The van der Waals surface area contributed by atoms with Crippen LogP contribution in [0.1, 0.15) is 95.0 Å². The third-order valence-corrected chi connectivity index (χ3v) is 8.49. The zero-order valence-electron chi connectivity index (χ0n) is 27.6. The van der Waals surface area contributed by atoms with Crippen LogP contribution >= 0.6 is 11.6 Å². The maximum Gasteiger partial charge on any atom is 0.344 e. The number of allylic oxidation sites excluding steroid dienone is 1. The summed E-state index contributed by atoms with van der Waals surface area (Å²) in [6.45, 7) is 4.33. The van der Waals surface area contributed by atoms with Gasteiger partial charge in [0.05, 0.1) is 23.4 Å². The summed E-state index contributed by atoms with van der Waals surface area (Å²) < 4.78 is 37.0. The number of rotatable bonds is 12. The predicted octanol–water partition coefficient (Wildman–Crippen LogP) is 7.51. The second kappa shape index (κ2) is 17.8. The number of ether oxygens (including phenoxy) is 2. The lowest BCUT2D eigenvalue weighted by atomic mass is 9.89. The molecule has 262 valence electrons. The quantitative estimate of drug-likeness (QED) is 0.0670. The SMILES string of the molecule is CCCCCC(C)OC(=O)COc1ccc(Cl)c2cccnc12.O=C1CCCC(=O)C1=C(O)c1ccc(C(F)F)nc1CN1CCCC1=O. The molecule has 1 aliphatic carbocycles. The number of hydrogen-bond acceptors (Lipinski definition) is 9. The molecule has 13 heteroatoms. The zero-order valence-corrected chi connectivity index (χ0v) is 28.3. The van der Waals surface area contributed by atoms with Gasteiger partial charge < -0.3 is 19.5 Å². The van der Waals surface area contributed by atoms with Crippen molar-refractivity contribution in [2.45, 2.75) is 90.7 Å². The van der Waals surface area contributed by atoms with Crippen molar-refractivity contribution < 1.29 is 42.5 Å². The third kappa shape index (κ3) is 10.0. The first-order valence-corrected chi connectivity index (χ1v) is 16.8. The van der Waals surface area contributed by atoms with Crippen LogP contribution in [-0.4, -0.2) is 62.7 Å². The number of aromatic nitrogens is 2. The number of likely N-dealkylation sites (tertiary alicyclic amines) is 1. The molecule has 2 aliphatic rings. The van der Waals surface area contributed by atoms with Crippen LogP contribution in [0.15, 0.2) is 48.2 Å². The van der Waals surface area contributed by atoms with E-state index in [4.69, 9.17) is 21.1 Å². The fourth-order valence-electron chi connectivity index (χ4n) is 5.61. The lowest BCUT2D eigenvalue weighted by molar-refractivity contribution is -0.151. The van der Waals surface area contributed by atoms with Crippen LogP contribution in [0.5, 0.6) is 5.75 Å². The number of benzene rings is 1. The number of aliphatic hydroxyl groups excluding tert-OH is 1. The minimum Gasteiger partial charge on any atom is -0.506 e. The largest absolute Gasteiger partial charge is 0.506 e. The molecular weight excluding hydrogens is 660 g/mol. The Hall–Kier alpha value is -4.45. The summed E-state index contributed by atoms with van der Waals surface area (Å²) in [5, 5.41) is 11.9. The molecule has 1 atom stereocenters. The highest BCUT2D eigenvalue weighted by atomic mass is 35.5. The first-order valence-electron chi connectivity index (χ1n) is 16.4. The first-order chi connectivity index (χ1) is 23.5. The second-order valence-corrected chi connectivity index (χ2v) is 12.3. The molecule has 1 saturated carbocycles. The van der Waals surface area contributed by atoms with Crippen molar-refractivity contribution in [1.29, 1.82) is 0 Å². The van der Waals surface area contributed by atoms with Crippen molar-refractivity contribution in [3.05, 3.63) is 70.1 Å². The highest BCUT2D eigenvalue weighted by Gasteiger charge is 2.30. The van der Waals surface area contributed by atoms with Crippen molar-refractivity contribution in [3.8, 4) is 5.75 Å². The molecular formula is C36H40ClF2N3O7. The van der Waals surface area contributed by atoms with Gasteiger partial charge in [0.15, 0.2) is 18.2 Å². The van der Waals surface area contributed by atoms with Gasteiger partial charge in [-0.05, 0) is 69.0 Å². The average molecular weight is 700 g/mol. The Morgan fingerprint density at radius 3 is 2.47 bits per heavy atom. The van der Waals surface area contributed by atoms with Gasteiger partial charge in [-0.15, -0.1) is 0 Å². The predicted molar refractivity (Wildman–Crippen MR) is 179 cm³/mol. The molecule has 0 bridgehead atoms. The van der Waals surface area contributed by atoms with Gasteiger partial charge >= 0.3 is 5.97 Å². The normalized spacial score (nSPS) is 15.3. The molecule has 2 fully saturated rings. The summed E-state index contributed by atoms with van der Waals surface area (Å²) in [6, 6.07) is 9.40. The Kier molecular flexibility index (Phi) is 13.6. The molecule has 3 aromatic rings. The van der Waals surface area contributed by atoms with Gasteiger partial charge in [-0.2, -0.15) is 0 Å². The lowest BCUT2D eigenvalue weighted by Gasteiger charge is -2.19. The fraction of sp³-hybridized carbons (Fsp3) is 0.444. The van der Waals surface area contributed by atoms with Crippen LogP contribution in [0, 0.1) is 0 Å². The van der Waals surface area contributed by atoms with E-state index in [1.165, 1.54) is 11.0 Å². The van der Waals surface area contributed by atoms with Crippen LogP contribution < -0.4 is 4.74 Å².